The molecule has 94 valence electrons. The van der Waals surface area contributed by atoms with Crippen LogP contribution in [0.5, 0.6) is 0 Å². The predicted octanol–water partition coefficient (Wildman–Crippen LogP) is 2.29. The third-order valence-corrected chi connectivity index (χ3v) is 3.17. The first-order valence-corrected chi connectivity index (χ1v) is 6.41. The molecule has 0 spiro atoms. The first kappa shape index (κ1) is 13.9. The minimum absolute atomic E-state index is 0.479. The molecule has 0 aromatic carbocycles. The van der Waals surface area contributed by atoms with E-state index in [9.17, 15) is 9.59 Å². The van der Waals surface area contributed by atoms with Gasteiger partial charge in [-0.25, -0.2) is 9.78 Å². The Hall–Kier alpha value is -1.14. The molecule has 0 radical (unpaired) electrons. The summed E-state index contributed by atoms with van der Waals surface area (Å²) in [6.07, 6.45) is 0.809. The lowest BCUT2D eigenvalue weighted by Crippen LogP contribution is -2.38. The van der Waals surface area contributed by atoms with Crippen molar-refractivity contribution >= 4 is 40.0 Å². The van der Waals surface area contributed by atoms with Crippen molar-refractivity contribution in [3.63, 3.8) is 0 Å². The topological polar surface area (TPSA) is 71.1 Å². The van der Waals surface area contributed by atoms with Crippen molar-refractivity contribution < 1.29 is 9.59 Å². The Kier molecular flexibility index (Phi) is 4.89. The van der Waals surface area contributed by atoms with Crippen LogP contribution in [0.1, 0.15) is 24.4 Å². The van der Waals surface area contributed by atoms with Gasteiger partial charge in [0.25, 0.3) is 0 Å². The molecule has 2 N–H and O–H groups in total. The molecular formula is C10H14ClN3O2S. The number of carbonyl (C=O) groups excluding carboxylic acids is 2. The number of hydrogen-bond acceptors (Lipinski definition) is 4. The molecule has 1 unspecified atom stereocenters. The number of nitrogens with one attached hydrogen (secondary N) is 2. The molecule has 3 amide bonds. The van der Waals surface area contributed by atoms with Crippen LogP contribution in [-0.4, -0.2) is 22.3 Å². The number of aromatic nitrogens is 1. The zero-order valence-corrected chi connectivity index (χ0v) is 11.4. The van der Waals surface area contributed by atoms with Crippen molar-refractivity contribution in [1.82, 2.24) is 10.3 Å². The van der Waals surface area contributed by atoms with Gasteiger partial charge in [0.05, 0.1) is 5.69 Å². The van der Waals surface area contributed by atoms with Gasteiger partial charge < -0.3 is 0 Å². The largest absolute Gasteiger partial charge is 0.327 e. The predicted molar refractivity (Wildman–Crippen MR) is 68.7 cm³/mol. The van der Waals surface area contributed by atoms with Crippen LogP contribution >= 0.6 is 22.9 Å². The zero-order valence-electron chi connectivity index (χ0n) is 9.83. The number of anilines is 1. The van der Waals surface area contributed by atoms with Gasteiger partial charge in [0, 0.05) is 4.88 Å². The highest BCUT2D eigenvalue weighted by Gasteiger charge is 2.14. The maximum atomic E-state index is 11.4. The van der Waals surface area contributed by atoms with Gasteiger partial charge in [0.15, 0.2) is 5.13 Å². The molecule has 0 aliphatic heterocycles. The average molecular weight is 276 g/mol. The number of rotatable bonds is 3. The second-order valence-electron chi connectivity index (χ2n) is 3.43. The van der Waals surface area contributed by atoms with Crippen molar-refractivity contribution in [2.45, 2.75) is 32.6 Å². The lowest BCUT2D eigenvalue weighted by atomic mass is 10.3. The fourth-order valence-electron chi connectivity index (χ4n) is 1.15. The molecule has 7 heteroatoms. The number of aryl methyl sites for hydroxylation is 2. The van der Waals surface area contributed by atoms with Crippen LogP contribution < -0.4 is 10.6 Å². The Labute approximate surface area is 109 Å². The van der Waals surface area contributed by atoms with Crippen molar-refractivity contribution in [3.05, 3.63) is 10.6 Å². The van der Waals surface area contributed by atoms with E-state index in [-0.39, 0.29) is 0 Å². The van der Waals surface area contributed by atoms with E-state index >= 15 is 0 Å². The summed E-state index contributed by atoms with van der Waals surface area (Å²) < 4.78 is 0. The number of carbonyl (C=O) groups is 2. The summed E-state index contributed by atoms with van der Waals surface area (Å²) in [5, 5.41) is 4.35. The first-order chi connectivity index (χ1) is 7.93. The average Bonchev–Trinajstić information content (AvgIpc) is 2.58. The molecule has 1 rings (SSSR count). The Bertz CT molecular complexity index is 431. The Balaban J connectivity index is 2.59. The van der Waals surface area contributed by atoms with Gasteiger partial charge >= 0.3 is 6.03 Å². The summed E-state index contributed by atoms with van der Waals surface area (Å²) in [7, 11) is 0. The molecule has 0 fully saturated rings. The summed E-state index contributed by atoms with van der Waals surface area (Å²) in [6.45, 7) is 5.42. The molecule has 0 aliphatic carbocycles. The normalized spacial score (nSPS) is 12.0. The van der Waals surface area contributed by atoms with Gasteiger partial charge in [-0.05, 0) is 20.3 Å². The number of thiazole rings is 1. The van der Waals surface area contributed by atoms with Crippen LogP contribution in [-0.2, 0) is 11.2 Å². The maximum absolute atomic E-state index is 11.4. The Morgan fingerprint density at radius 1 is 1.53 bits per heavy atom. The van der Waals surface area contributed by atoms with Gasteiger partial charge in [-0.3, -0.25) is 15.4 Å². The van der Waals surface area contributed by atoms with E-state index in [1.165, 1.54) is 18.3 Å². The van der Waals surface area contributed by atoms with Gasteiger partial charge in [0.2, 0.25) is 5.91 Å². The van der Waals surface area contributed by atoms with Gasteiger partial charge in [-0.15, -0.1) is 22.9 Å². The summed E-state index contributed by atoms with van der Waals surface area (Å²) in [5.74, 6) is -0.534. The molecule has 17 heavy (non-hydrogen) atoms. The number of halogens is 1. The third kappa shape index (κ3) is 3.98. The molecule has 5 nitrogen and oxygen atoms in total. The second-order valence-corrected chi connectivity index (χ2v) is 5.29. The van der Waals surface area contributed by atoms with Crippen molar-refractivity contribution in [1.29, 1.82) is 0 Å². The standard InChI is InChI=1S/C10H14ClN3O2S/c1-4-7-6(3)17-10(12-7)14-9(16)13-8(15)5(2)11/h5H,4H2,1-3H3,(H2,12,13,14,15,16). The third-order valence-electron chi connectivity index (χ3n) is 2.05. The van der Waals surface area contributed by atoms with Crippen LogP contribution in [0.2, 0.25) is 0 Å². The number of amides is 3. The Morgan fingerprint density at radius 2 is 2.18 bits per heavy atom. The highest BCUT2D eigenvalue weighted by molar-refractivity contribution is 7.15. The molecule has 1 aromatic heterocycles. The van der Waals surface area contributed by atoms with E-state index in [1.54, 1.807) is 0 Å². The Morgan fingerprint density at radius 3 is 2.65 bits per heavy atom. The molecular weight excluding hydrogens is 262 g/mol. The first-order valence-electron chi connectivity index (χ1n) is 5.16. The minimum Gasteiger partial charge on any atom is -0.283 e. The lowest BCUT2D eigenvalue weighted by molar-refractivity contribution is -0.119. The summed E-state index contributed by atoms with van der Waals surface area (Å²) in [4.78, 5) is 27.8. The number of hydrogen-bond donors (Lipinski definition) is 2. The van der Waals surface area contributed by atoms with E-state index in [4.69, 9.17) is 11.6 Å². The highest BCUT2D eigenvalue weighted by atomic mass is 35.5. The number of alkyl halides is 1. The molecule has 1 atom stereocenters. The fourth-order valence-corrected chi connectivity index (χ4v) is 2.10. The molecule has 1 aromatic rings. The lowest BCUT2D eigenvalue weighted by Gasteiger charge is -2.04. The molecule has 0 saturated heterocycles. The molecule has 0 bridgehead atoms. The van der Waals surface area contributed by atoms with Crippen LogP contribution in [0.3, 0.4) is 0 Å². The molecule has 0 saturated carbocycles. The minimum atomic E-state index is -0.745. The number of nitrogens with zero attached hydrogens (tertiary/aromatic N) is 1. The summed E-state index contributed by atoms with van der Waals surface area (Å²) >= 11 is 6.90. The van der Waals surface area contributed by atoms with E-state index in [0.29, 0.717) is 5.13 Å². The van der Waals surface area contributed by atoms with E-state index in [2.05, 4.69) is 15.6 Å². The highest BCUT2D eigenvalue weighted by Crippen LogP contribution is 2.22. The summed E-state index contributed by atoms with van der Waals surface area (Å²) in [5.41, 5.74) is 0.947. The van der Waals surface area contributed by atoms with Crippen LogP contribution in [0.4, 0.5) is 9.93 Å². The van der Waals surface area contributed by atoms with Crippen molar-refractivity contribution in [2.24, 2.45) is 0 Å². The van der Waals surface area contributed by atoms with Crippen LogP contribution in [0, 0.1) is 6.92 Å². The van der Waals surface area contributed by atoms with Crippen LogP contribution in [0.25, 0.3) is 0 Å². The molecule has 0 aliphatic rings. The molecule has 1 heterocycles. The summed E-state index contributed by atoms with van der Waals surface area (Å²) in [6, 6.07) is -0.612. The van der Waals surface area contributed by atoms with Gasteiger partial charge in [0.1, 0.15) is 5.38 Å². The van der Waals surface area contributed by atoms with E-state index < -0.39 is 17.3 Å². The number of urea groups is 1. The van der Waals surface area contributed by atoms with Gasteiger partial charge in [-0.2, -0.15) is 0 Å². The van der Waals surface area contributed by atoms with Gasteiger partial charge in [-0.1, -0.05) is 6.92 Å². The maximum Gasteiger partial charge on any atom is 0.327 e. The fraction of sp³-hybridized carbons (Fsp3) is 0.500. The SMILES string of the molecule is CCc1nc(NC(=O)NC(=O)C(C)Cl)sc1C. The van der Waals surface area contributed by atoms with E-state index in [0.717, 1.165) is 17.0 Å². The number of imide groups is 1. The van der Waals surface area contributed by atoms with Crippen LogP contribution in [0.15, 0.2) is 0 Å². The van der Waals surface area contributed by atoms with E-state index in [1.807, 2.05) is 13.8 Å². The monoisotopic (exact) mass is 275 g/mol. The smallest absolute Gasteiger partial charge is 0.283 e. The van der Waals surface area contributed by atoms with Crippen molar-refractivity contribution in [2.75, 3.05) is 5.32 Å². The second kappa shape index (κ2) is 5.97. The zero-order chi connectivity index (χ0) is 13.0. The quantitative estimate of drug-likeness (QED) is 0.832. The van der Waals surface area contributed by atoms with Crippen molar-refractivity contribution in [3.8, 4) is 0 Å².